The van der Waals surface area contributed by atoms with Crippen LogP contribution in [0.4, 0.5) is 0 Å². The van der Waals surface area contributed by atoms with Crippen molar-refractivity contribution in [2.24, 2.45) is 7.05 Å². The van der Waals surface area contributed by atoms with E-state index in [1.54, 1.807) is 23.6 Å². The van der Waals surface area contributed by atoms with Gasteiger partial charge in [0.05, 0.1) is 6.33 Å². The summed E-state index contributed by atoms with van der Waals surface area (Å²) in [7, 11) is -0.452. The average Bonchev–Trinajstić information content (AvgIpc) is 3.19. The lowest BCUT2D eigenvalue weighted by Gasteiger charge is -2.37. The highest BCUT2D eigenvalue weighted by Gasteiger charge is 2.41. The summed E-state index contributed by atoms with van der Waals surface area (Å²) >= 11 is 0. The van der Waals surface area contributed by atoms with Crippen molar-refractivity contribution >= 4 is 15.9 Å². The standard InChI is InChI=1S/C23H26N4O3S/c1-17-7-4-5-10-20(17)19-9-6-8-18(13-19)14-21-23(28)26(3)11-12-27(21)31(29,30)22-15-25(2)16-24-22/h4-10,13,15-16,21H,11-12,14H2,1-3H3/t21-/m0/s1. The molecule has 0 saturated carbocycles. The van der Waals surface area contributed by atoms with Crippen molar-refractivity contribution in [2.75, 3.05) is 20.1 Å². The summed E-state index contributed by atoms with van der Waals surface area (Å²) in [6, 6.07) is 15.3. The SMILES string of the molecule is Cc1ccccc1-c1cccc(C[C@H]2C(=O)N(C)CCN2S(=O)(=O)c2cn(C)cn2)c1. The average molecular weight is 439 g/mol. The fourth-order valence-electron chi connectivity index (χ4n) is 4.00. The minimum Gasteiger partial charge on any atom is -0.343 e. The Morgan fingerprint density at radius 3 is 2.55 bits per heavy atom. The van der Waals surface area contributed by atoms with E-state index in [0.29, 0.717) is 13.0 Å². The van der Waals surface area contributed by atoms with Gasteiger partial charge < -0.3 is 9.47 Å². The lowest BCUT2D eigenvalue weighted by Crippen LogP contribution is -2.58. The Kier molecular flexibility index (Phi) is 5.68. The number of piperazine rings is 1. The van der Waals surface area contributed by atoms with E-state index >= 15 is 0 Å². The van der Waals surface area contributed by atoms with Gasteiger partial charge in [0.1, 0.15) is 6.04 Å². The number of carbonyl (C=O) groups excluding carboxylic acids is 1. The van der Waals surface area contributed by atoms with E-state index in [1.807, 2.05) is 36.4 Å². The number of imidazole rings is 1. The van der Waals surface area contributed by atoms with Gasteiger partial charge in [-0.3, -0.25) is 4.79 Å². The first-order valence-corrected chi connectivity index (χ1v) is 11.6. The van der Waals surface area contributed by atoms with E-state index in [0.717, 1.165) is 22.3 Å². The number of aromatic nitrogens is 2. The summed E-state index contributed by atoms with van der Waals surface area (Å²) in [4.78, 5) is 18.6. The highest BCUT2D eigenvalue weighted by atomic mass is 32.2. The molecule has 1 aliphatic rings. The lowest BCUT2D eigenvalue weighted by atomic mass is 9.96. The fourth-order valence-corrected chi connectivity index (χ4v) is 5.54. The predicted molar refractivity (Wildman–Crippen MR) is 119 cm³/mol. The first-order chi connectivity index (χ1) is 14.8. The maximum atomic E-state index is 13.3. The first-order valence-electron chi connectivity index (χ1n) is 10.2. The maximum absolute atomic E-state index is 13.3. The molecule has 3 aromatic rings. The molecule has 2 aromatic carbocycles. The van der Waals surface area contributed by atoms with E-state index in [-0.39, 0.29) is 17.5 Å². The molecular weight excluding hydrogens is 412 g/mol. The zero-order valence-corrected chi connectivity index (χ0v) is 18.7. The lowest BCUT2D eigenvalue weighted by molar-refractivity contribution is -0.137. The van der Waals surface area contributed by atoms with Crippen LogP contribution >= 0.6 is 0 Å². The van der Waals surface area contributed by atoms with E-state index in [9.17, 15) is 13.2 Å². The van der Waals surface area contributed by atoms with Gasteiger partial charge in [0.25, 0.3) is 10.0 Å². The number of rotatable bonds is 5. The molecular formula is C23H26N4O3S. The van der Waals surface area contributed by atoms with E-state index in [4.69, 9.17) is 0 Å². The van der Waals surface area contributed by atoms with Gasteiger partial charge in [-0.2, -0.15) is 4.31 Å². The topological polar surface area (TPSA) is 75.5 Å². The largest absolute Gasteiger partial charge is 0.343 e. The third-order valence-electron chi connectivity index (χ3n) is 5.73. The van der Waals surface area contributed by atoms with Gasteiger partial charge in [-0.15, -0.1) is 0 Å². The number of carbonyl (C=O) groups is 1. The van der Waals surface area contributed by atoms with Gasteiger partial charge in [-0.1, -0.05) is 48.5 Å². The molecule has 0 spiro atoms. The molecule has 1 aromatic heterocycles. The predicted octanol–water partition coefficient (Wildman–Crippen LogP) is 2.47. The molecule has 1 fully saturated rings. The number of aryl methyl sites for hydroxylation is 2. The molecule has 162 valence electrons. The van der Waals surface area contributed by atoms with Crippen LogP contribution in [0.3, 0.4) is 0 Å². The van der Waals surface area contributed by atoms with Crippen molar-refractivity contribution in [3.63, 3.8) is 0 Å². The molecule has 1 amide bonds. The first kappa shape index (κ1) is 21.3. The second-order valence-electron chi connectivity index (χ2n) is 7.99. The number of hydrogen-bond donors (Lipinski definition) is 0. The van der Waals surface area contributed by atoms with Gasteiger partial charge in [-0.05, 0) is 35.6 Å². The van der Waals surface area contributed by atoms with Crippen molar-refractivity contribution < 1.29 is 13.2 Å². The molecule has 8 heteroatoms. The van der Waals surface area contributed by atoms with Crippen molar-refractivity contribution in [3.8, 4) is 11.1 Å². The molecule has 1 saturated heterocycles. The van der Waals surface area contributed by atoms with Crippen LogP contribution in [0.5, 0.6) is 0 Å². The van der Waals surface area contributed by atoms with Crippen molar-refractivity contribution in [1.29, 1.82) is 0 Å². The van der Waals surface area contributed by atoms with Crippen molar-refractivity contribution in [2.45, 2.75) is 24.4 Å². The zero-order chi connectivity index (χ0) is 22.2. The summed E-state index contributed by atoms with van der Waals surface area (Å²) in [5, 5.41) is -0.0361. The third kappa shape index (κ3) is 4.13. The molecule has 4 rings (SSSR count). The number of benzene rings is 2. The van der Waals surface area contributed by atoms with Crippen molar-refractivity contribution in [3.05, 3.63) is 72.2 Å². The van der Waals surface area contributed by atoms with Crippen LogP contribution in [-0.4, -0.2) is 59.3 Å². The Hall–Kier alpha value is -2.97. The summed E-state index contributed by atoms with van der Waals surface area (Å²) in [6.45, 7) is 2.65. The third-order valence-corrected chi connectivity index (χ3v) is 7.52. The molecule has 0 bridgehead atoms. The van der Waals surface area contributed by atoms with Crippen molar-refractivity contribution in [1.82, 2.24) is 18.8 Å². The van der Waals surface area contributed by atoms with Gasteiger partial charge in [0.15, 0.2) is 5.03 Å². The highest BCUT2D eigenvalue weighted by Crippen LogP contribution is 2.27. The number of amides is 1. The second-order valence-corrected chi connectivity index (χ2v) is 9.83. The number of hydrogen-bond acceptors (Lipinski definition) is 4. The molecule has 0 aliphatic carbocycles. The Morgan fingerprint density at radius 2 is 1.84 bits per heavy atom. The van der Waals surface area contributed by atoms with E-state index in [1.165, 1.54) is 16.8 Å². The Labute approximate surface area is 183 Å². The number of nitrogens with zero attached hydrogens (tertiary/aromatic N) is 4. The molecule has 0 unspecified atom stereocenters. The quantitative estimate of drug-likeness (QED) is 0.613. The molecule has 7 nitrogen and oxygen atoms in total. The maximum Gasteiger partial charge on any atom is 0.262 e. The zero-order valence-electron chi connectivity index (χ0n) is 17.9. The van der Waals surface area contributed by atoms with Crippen LogP contribution < -0.4 is 0 Å². The van der Waals surface area contributed by atoms with E-state index < -0.39 is 16.1 Å². The van der Waals surface area contributed by atoms with Crippen LogP contribution in [0, 0.1) is 6.92 Å². The summed E-state index contributed by atoms with van der Waals surface area (Å²) in [5.41, 5.74) is 4.24. The molecule has 0 radical (unpaired) electrons. The van der Waals surface area contributed by atoms with Crippen LogP contribution in [0.25, 0.3) is 11.1 Å². The molecule has 0 N–H and O–H groups in total. The van der Waals surface area contributed by atoms with Crippen LogP contribution in [0.2, 0.25) is 0 Å². The number of sulfonamides is 1. The van der Waals surface area contributed by atoms with Crippen LogP contribution in [0.15, 0.2) is 66.1 Å². The highest BCUT2D eigenvalue weighted by molar-refractivity contribution is 7.89. The van der Waals surface area contributed by atoms with Gasteiger partial charge in [0.2, 0.25) is 5.91 Å². The van der Waals surface area contributed by atoms with Gasteiger partial charge in [-0.25, -0.2) is 13.4 Å². The fraction of sp³-hybridized carbons (Fsp3) is 0.304. The van der Waals surface area contributed by atoms with E-state index in [2.05, 4.69) is 24.0 Å². The van der Waals surface area contributed by atoms with Crippen LogP contribution in [-0.2, 0) is 28.3 Å². The molecule has 31 heavy (non-hydrogen) atoms. The summed E-state index contributed by atoms with van der Waals surface area (Å²) in [6.07, 6.45) is 3.22. The normalized spacial score (nSPS) is 17.8. The number of likely N-dealkylation sites (N-methyl/N-ethyl adjacent to an activating group) is 1. The molecule has 2 heterocycles. The van der Waals surface area contributed by atoms with Crippen LogP contribution in [0.1, 0.15) is 11.1 Å². The Balaban J connectivity index is 1.68. The Morgan fingerprint density at radius 1 is 1.06 bits per heavy atom. The molecule has 1 aliphatic heterocycles. The van der Waals surface area contributed by atoms with Gasteiger partial charge >= 0.3 is 0 Å². The molecule has 1 atom stereocenters. The minimum atomic E-state index is -3.88. The van der Waals surface area contributed by atoms with Gasteiger partial charge in [0, 0.05) is 33.4 Å². The monoisotopic (exact) mass is 438 g/mol. The summed E-state index contributed by atoms with van der Waals surface area (Å²) in [5.74, 6) is -0.202. The smallest absolute Gasteiger partial charge is 0.262 e. The summed E-state index contributed by atoms with van der Waals surface area (Å²) < 4.78 is 29.4. The second kappa shape index (κ2) is 8.28. The Bertz CT molecular complexity index is 1220. The minimum absolute atomic E-state index is 0.0361.